The maximum Gasteiger partial charge on any atom is 0.0348 e. The van der Waals surface area contributed by atoms with Crippen molar-refractivity contribution in [3.63, 3.8) is 0 Å². The van der Waals surface area contributed by atoms with Crippen molar-refractivity contribution in [3.05, 3.63) is 34.7 Å². The van der Waals surface area contributed by atoms with Gasteiger partial charge in [-0.2, -0.15) is 0 Å². The van der Waals surface area contributed by atoms with Gasteiger partial charge in [-0.3, -0.25) is 0 Å². The van der Waals surface area contributed by atoms with Crippen LogP contribution in [0.1, 0.15) is 16.9 Å². The number of fused-ring (bicyclic) bond motifs is 3. The molecule has 0 fully saturated rings. The number of hydrogen-bond acceptors (Lipinski definition) is 2. The molecule has 1 heterocycles. The molecule has 0 unspecified atom stereocenters. The molecule has 2 aromatic rings. The zero-order valence-corrected chi connectivity index (χ0v) is 9.52. The molecular formula is C13H15NS. The molecule has 0 saturated heterocycles. The minimum absolute atomic E-state index is 0.713. The monoisotopic (exact) mass is 217 g/mol. The first-order chi connectivity index (χ1) is 7.38. The number of nitrogens with two attached hydrogens (primary N) is 1. The highest BCUT2D eigenvalue weighted by Gasteiger charge is 2.21. The quantitative estimate of drug-likeness (QED) is 0.781. The van der Waals surface area contributed by atoms with E-state index in [1.54, 1.807) is 10.4 Å². The van der Waals surface area contributed by atoms with Gasteiger partial charge < -0.3 is 5.73 Å². The molecular weight excluding hydrogens is 202 g/mol. The second-order valence-corrected chi connectivity index (χ2v) is 5.48. The van der Waals surface area contributed by atoms with Crippen molar-refractivity contribution < 1.29 is 0 Å². The van der Waals surface area contributed by atoms with E-state index in [1.165, 1.54) is 29.3 Å². The first kappa shape index (κ1) is 9.37. The Morgan fingerprint density at radius 1 is 1.33 bits per heavy atom. The largest absolute Gasteiger partial charge is 0.330 e. The van der Waals surface area contributed by atoms with E-state index < -0.39 is 0 Å². The van der Waals surface area contributed by atoms with E-state index >= 15 is 0 Å². The number of aryl methyl sites for hydroxylation is 1. The third-order valence-electron chi connectivity index (χ3n) is 3.39. The van der Waals surface area contributed by atoms with Crippen molar-refractivity contribution in [3.8, 4) is 0 Å². The van der Waals surface area contributed by atoms with Crippen LogP contribution >= 0.6 is 11.3 Å². The van der Waals surface area contributed by atoms with Gasteiger partial charge >= 0.3 is 0 Å². The zero-order valence-electron chi connectivity index (χ0n) is 8.70. The van der Waals surface area contributed by atoms with E-state index in [0.29, 0.717) is 5.92 Å². The molecule has 2 N–H and O–H groups in total. The van der Waals surface area contributed by atoms with E-state index in [4.69, 9.17) is 5.73 Å². The van der Waals surface area contributed by atoms with Gasteiger partial charge in [0.25, 0.3) is 0 Å². The normalized spacial score (nSPS) is 20.5. The minimum atomic E-state index is 0.713. The summed E-state index contributed by atoms with van der Waals surface area (Å²) < 4.78 is 1.44. The fourth-order valence-corrected chi connectivity index (χ4v) is 3.87. The van der Waals surface area contributed by atoms with Gasteiger partial charge in [0.05, 0.1) is 0 Å². The van der Waals surface area contributed by atoms with Crippen molar-refractivity contribution in [2.45, 2.75) is 19.3 Å². The molecule has 1 aliphatic carbocycles. The van der Waals surface area contributed by atoms with Gasteiger partial charge in [-0.05, 0) is 48.7 Å². The number of hydrogen-bond donors (Lipinski definition) is 1. The lowest BCUT2D eigenvalue weighted by atomic mass is 9.88. The molecule has 1 atom stereocenters. The Kier molecular flexibility index (Phi) is 2.26. The average molecular weight is 217 g/mol. The van der Waals surface area contributed by atoms with Crippen molar-refractivity contribution in [2.24, 2.45) is 11.7 Å². The number of benzene rings is 1. The lowest BCUT2D eigenvalue weighted by Gasteiger charge is -2.20. The van der Waals surface area contributed by atoms with Crippen molar-refractivity contribution in [1.82, 2.24) is 0 Å². The summed E-state index contributed by atoms with van der Waals surface area (Å²) in [7, 11) is 0. The standard InChI is InChI=1S/C13H15NS/c14-8-9-5-6-11-10-3-1-2-4-12(10)15-13(11)7-9/h1-4,9H,5-8,14H2/t9-/m0/s1. The minimum Gasteiger partial charge on any atom is -0.330 e. The van der Waals surface area contributed by atoms with Crippen molar-refractivity contribution >= 4 is 21.4 Å². The highest BCUT2D eigenvalue weighted by atomic mass is 32.1. The second-order valence-electron chi connectivity index (χ2n) is 4.34. The van der Waals surface area contributed by atoms with Crippen LogP contribution in [-0.4, -0.2) is 6.54 Å². The second kappa shape index (κ2) is 3.62. The van der Waals surface area contributed by atoms with Gasteiger partial charge in [0.2, 0.25) is 0 Å². The van der Waals surface area contributed by atoms with Gasteiger partial charge in [-0.15, -0.1) is 11.3 Å². The molecule has 0 radical (unpaired) electrons. The molecule has 1 aliphatic rings. The fourth-order valence-electron chi connectivity index (χ4n) is 2.50. The van der Waals surface area contributed by atoms with Crippen LogP contribution < -0.4 is 5.73 Å². The highest BCUT2D eigenvalue weighted by Crippen LogP contribution is 2.37. The summed E-state index contributed by atoms with van der Waals surface area (Å²) in [4.78, 5) is 1.58. The molecule has 1 aromatic heterocycles. The summed E-state index contributed by atoms with van der Waals surface area (Å²) in [5.74, 6) is 0.713. The van der Waals surface area contributed by atoms with Crippen LogP contribution in [0.3, 0.4) is 0 Å². The van der Waals surface area contributed by atoms with E-state index in [1.807, 2.05) is 11.3 Å². The summed E-state index contributed by atoms with van der Waals surface area (Å²) in [5.41, 5.74) is 7.36. The van der Waals surface area contributed by atoms with Gasteiger partial charge in [-0.25, -0.2) is 0 Å². The topological polar surface area (TPSA) is 26.0 Å². The summed E-state index contributed by atoms with van der Waals surface area (Å²) >= 11 is 1.96. The maximum absolute atomic E-state index is 5.76. The Labute approximate surface area is 93.9 Å². The Morgan fingerprint density at radius 3 is 3.07 bits per heavy atom. The molecule has 0 amide bonds. The maximum atomic E-state index is 5.76. The molecule has 15 heavy (non-hydrogen) atoms. The summed E-state index contributed by atoms with van der Waals surface area (Å²) in [5, 5.41) is 1.48. The molecule has 1 aromatic carbocycles. The van der Waals surface area contributed by atoms with Crippen LogP contribution in [0, 0.1) is 5.92 Å². The summed E-state index contributed by atoms with van der Waals surface area (Å²) in [6, 6.07) is 8.76. The van der Waals surface area contributed by atoms with Gasteiger partial charge in [0.1, 0.15) is 0 Å². The SMILES string of the molecule is NC[C@H]1CCc2c(sc3ccccc23)C1. The summed E-state index contributed by atoms with van der Waals surface area (Å²) in [6.45, 7) is 0.841. The van der Waals surface area contributed by atoms with Crippen LogP contribution in [0.15, 0.2) is 24.3 Å². The average Bonchev–Trinajstić information content (AvgIpc) is 2.66. The van der Waals surface area contributed by atoms with Crippen LogP contribution in [0.25, 0.3) is 10.1 Å². The molecule has 78 valence electrons. The predicted molar refractivity (Wildman–Crippen MR) is 66.4 cm³/mol. The Balaban J connectivity index is 2.12. The molecule has 1 nitrogen and oxygen atoms in total. The molecule has 0 aliphatic heterocycles. The molecule has 2 heteroatoms. The van der Waals surface area contributed by atoms with Crippen molar-refractivity contribution in [2.75, 3.05) is 6.54 Å². The molecule has 0 bridgehead atoms. The fraction of sp³-hybridized carbons (Fsp3) is 0.385. The van der Waals surface area contributed by atoms with Crippen LogP contribution in [0.5, 0.6) is 0 Å². The van der Waals surface area contributed by atoms with Crippen molar-refractivity contribution in [1.29, 1.82) is 0 Å². The Hall–Kier alpha value is -0.860. The molecule has 3 rings (SSSR count). The Morgan fingerprint density at radius 2 is 2.20 bits per heavy atom. The Bertz CT molecular complexity index is 486. The van der Waals surface area contributed by atoms with Gasteiger partial charge in [-0.1, -0.05) is 18.2 Å². The molecule has 0 saturated carbocycles. The third kappa shape index (κ3) is 1.48. The summed E-state index contributed by atoms with van der Waals surface area (Å²) in [6.07, 6.45) is 3.69. The first-order valence-electron chi connectivity index (χ1n) is 5.58. The number of rotatable bonds is 1. The smallest absolute Gasteiger partial charge is 0.0348 e. The van der Waals surface area contributed by atoms with Gasteiger partial charge in [0.15, 0.2) is 0 Å². The van der Waals surface area contributed by atoms with E-state index in [0.717, 1.165) is 6.54 Å². The van der Waals surface area contributed by atoms with Crippen LogP contribution in [0.4, 0.5) is 0 Å². The van der Waals surface area contributed by atoms with Crippen LogP contribution in [-0.2, 0) is 12.8 Å². The lowest BCUT2D eigenvalue weighted by Crippen LogP contribution is -2.20. The van der Waals surface area contributed by atoms with Crippen LogP contribution in [0.2, 0.25) is 0 Å². The third-order valence-corrected chi connectivity index (χ3v) is 4.63. The number of thiophene rings is 1. The zero-order chi connectivity index (χ0) is 10.3. The van der Waals surface area contributed by atoms with E-state index in [9.17, 15) is 0 Å². The first-order valence-corrected chi connectivity index (χ1v) is 6.39. The molecule has 0 spiro atoms. The highest BCUT2D eigenvalue weighted by molar-refractivity contribution is 7.19. The van der Waals surface area contributed by atoms with Gasteiger partial charge in [0, 0.05) is 9.58 Å². The van der Waals surface area contributed by atoms with E-state index in [2.05, 4.69) is 24.3 Å². The predicted octanol–water partition coefficient (Wildman–Crippen LogP) is 2.96. The van der Waals surface area contributed by atoms with E-state index in [-0.39, 0.29) is 0 Å². The lowest BCUT2D eigenvalue weighted by molar-refractivity contribution is 0.476.